The van der Waals surface area contributed by atoms with Crippen LogP contribution in [0.25, 0.3) is 0 Å². The van der Waals surface area contributed by atoms with Crippen LogP contribution in [0.2, 0.25) is 0 Å². The Kier molecular flexibility index (Phi) is 9.08. The molecule has 0 atom stereocenters. The molecule has 2 saturated heterocycles. The van der Waals surface area contributed by atoms with Crippen molar-refractivity contribution in [3.05, 3.63) is 95.5 Å². The second-order valence-electron chi connectivity index (χ2n) is 9.81. The molecule has 0 unspecified atom stereocenters. The molecule has 0 bridgehead atoms. The van der Waals surface area contributed by atoms with Gasteiger partial charge in [-0.1, -0.05) is 0 Å². The zero-order valence-electron chi connectivity index (χ0n) is 22.9. The Morgan fingerprint density at radius 3 is 2.60 bits per heavy atom. The molecule has 2 aliphatic heterocycles. The van der Waals surface area contributed by atoms with Gasteiger partial charge in [-0.3, -0.25) is 14.5 Å². The van der Waals surface area contributed by atoms with Crippen molar-refractivity contribution < 1.29 is 32.6 Å². The highest BCUT2D eigenvalue weighted by atomic mass is 19.1. The topological polar surface area (TPSA) is 102 Å². The first-order chi connectivity index (χ1) is 20.4. The van der Waals surface area contributed by atoms with Crippen molar-refractivity contribution in [3.63, 3.8) is 0 Å². The lowest BCUT2D eigenvalue weighted by Crippen LogP contribution is -2.28. The number of aromatic nitrogens is 1. The Balaban J connectivity index is 1.25. The maximum atomic E-state index is 15.0. The third-order valence-electron chi connectivity index (χ3n) is 6.85. The van der Waals surface area contributed by atoms with Gasteiger partial charge in [0.15, 0.2) is 11.6 Å². The highest BCUT2D eigenvalue weighted by molar-refractivity contribution is 6.04. The summed E-state index contributed by atoms with van der Waals surface area (Å²) in [5, 5.41) is 6.02. The molecule has 0 saturated carbocycles. The van der Waals surface area contributed by atoms with E-state index in [1.165, 1.54) is 47.4 Å². The van der Waals surface area contributed by atoms with Crippen molar-refractivity contribution in [1.29, 1.82) is 0 Å². The summed E-state index contributed by atoms with van der Waals surface area (Å²) in [6.45, 7) is 3.29. The fraction of sp³-hybridized carbons (Fsp3) is 0.258. The van der Waals surface area contributed by atoms with Crippen LogP contribution in [0, 0.1) is 11.6 Å². The first-order valence-electron chi connectivity index (χ1n) is 13.5. The van der Waals surface area contributed by atoms with Crippen molar-refractivity contribution in [1.82, 2.24) is 4.98 Å². The zero-order chi connectivity index (χ0) is 29.5. The third kappa shape index (κ3) is 7.10. The van der Waals surface area contributed by atoms with E-state index in [1.54, 1.807) is 31.5 Å². The molecule has 3 aromatic rings. The molecular weight excluding hydrogens is 546 g/mol. The van der Waals surface area contributed by atoms with Crippen LogP contribution in [0.1, 0.15) is 26.2 Å². The number of anilines is 3. The largest absolute Gasteiger partial charge is 0.492 e. The van der Waals surface area contributed by atoms with Gasteiger partial charge in [-0.2, -0.15) is 0 Å². The monoisotopic (exact) mass is 576 g/mol. The molecule has 3 heterocycles. The van der Waals surface area contributed by atoms with Gasteiger partial charge in [0.25, 0.3) is 5.91 Å². The van der Waals surface area contributed by atoms with Gasteiger partial charge in [0.05, 0.1) is 12.2 Å². The molecule has 218 valence electrons. The van der Waals surface area contributed by atoms with Crippen molar-refractivity contribution in [2.24, 2.45) is 0 Å². The van der Waals surface area contributed by atoms with E-state index in [0.29, 0.717) is 61.2 Å². The minimum atomic E-state index is -0.660. The van der Waals surface area contributed by atoms with E-state index >= 15 is 0 Å². The second kappa shape index (κ2) is 13.3. The molecule has 1 aromatic heterocycles. The van der Waals surface area contributed by atoms with Crippen molar-refractivity contribution in [3.8, 4) is 11.5 Å². The first-order valence-corrected chi connectivity index (χ1v) is 13.5. The van der Waals surface area contributed by atoms with E-state index in [0.717, 1.165) is 12.8 Å². The van der Waals surface area contributed by atoms with Gasteiger partial charge in [-0.25, -0.2) is 13.8 Å². The van der Waals surface area contributed by atoms with Crippen molar-refractivity contribution >= 4 is 29.5 Å². The lowest BCUT2D eigenvalue weighted by atomic mass is 10.1. The molecule has 2 fully saturated rings. The normalized spacial score (nSPS) is 17.4. The Labute approximate surface area is 241 Å². The number of ether oxygens (including phenoxy) is 3. The van der Waals surface area contributed by atoms with Crippen LogP contribution in [0.4, 0.5) is 26.0 Å². The summed E-state index contributed by atoms with van der Waals surface area (Å²) in [5.74, 6) is -0.219. The molecule has 0 spiro atoms. The summed E-state index contributed by atoms with van der Waals surface area (Å²) in [6, 6.07) is 13.2. The van der Waals surface area contributed by atoms with E-state index in [4.69, 9.17) is 14.2 Å². The van der Waals surface area contributed by atoms with Gasteiger partial charge in [0, 0.05) is 67.2 Å². The number of rotatable bonds is 9. The number of carbonyl (C=O) groups is 2. The van der Waals surface area contributed by atoms with Gasteiger partial charge >= 0.3 is 0 Å². The number of amides is 2. The maximum Gasteiger partial charge on any atom is 0.255 e. The van der Waals surface area contributed by atoms with Crippen LogP contribution in [-0.4, -0.2) is 43.2 Å². The molecule has 42 heavy (non-hydrogen) atoms. The third-order valence-corrected chi connectivity index (χ3v) is 6.85. The summed E-state index contributed by atoms with van der Waals surface area (Å²) in [7, 11) is 0. The molecule has 2 aliphatic rings. The number of pyridine rings is 1. The summed E-state index contributed by atoms with van der Waals surface area (Å²) in [5.41, 5.74) is 1.57. The van der Waals surface area contributed by atoms with Crippen LogP contribution in [0.3, 0.4) is 0 Å². The first kappa shape index (κ1) is 28.7. The van der Waals surface area contributed by atoms with Crippen LogP contribution in [0.15, 0.2) is 83.9 Å². The number of hydrogen-bond donors (Lipinski definition) is 2. The smallest absolute Gasteiger partial charge is 0.255 e. The van der Waals surface area contributed by atoms with Gasteiger partial charge in [0.2, 0.25) is 6.41 Å². The summed E-state index contributed by atoms with van der Waals surface area (Å²) in [4.78, 5) is 30.3. The molecule has 11 heteroatoms. The quantitative estimate of drug-likeness (QED) is 0.241. The Bertz CT molecular complexity index is 1500. The molecule has 9 nitrogen and oxygen atoms in total. The number of halogens is 2. The summed E-state index contributed by atoms with van der Waals surface area (Å²) in [6.07, 6.45) is 5.94. The fourth-order valence-corrected chi connectivity index (χ4v) is 4.61. The highest BCUT2D eigenvalue weighted by Crippen LogP contribution is 2.31. The van der Waals surface area contributed by atoms with E-state index < -0.39 is 17.5 Å². The number of allylic oxidation sites excluding steroid dienone is 1. The van der Waals surface area contributed by atoms with Crippen LogP contribution < -0.4 is 20.3 Å². The van der Waals surface area contributed by atoms with Gasteiger partial charge < -0.3 is 24.8 Å². The zero-order valence-corrected chi connectivity index (χ0v) is 22.9. The number of nitrogens with zero attached hydrogens (tertiary/aromatic N) is 2. The van der Waals surface area contributed by atoms with Crippen LogP contribution >= 0.6 is 0 Å². The van der Waals surface area contributed by atoms with E-state index in [9.17, 15) is 18.4 Å². The number of hydrogen-bond acceptors (Lipinski definition) is 7. The average molecular weight is 577 g/mol. The van der Waals surface area contributed by atoms with Crippen molar-refractivity contribution in [2.45, 2.75) is 32.2 Å². The number of carbonyl (C=O) groups excluding carboxylic acids is 2. The van der Waals surface area contributed by atoms with Crippen LogP contribution in [-0.2, 0) is 19.1 Å². The van der Waals surface area contributed by atoms with Crippen molar-refractivity contribution in [2.75, 3.05) is 35.4 Å². The predicted octanol–water partition coefficient (Wildman–Crippen LogP) is 5.92. The lowest BCUT2D eigenvalue weighted by Gasteiger charge is -2.23. The van der Waals surface area contributed by atoms with E-state index in [1.807, 2.05) is 0 Å². The molecule has 0 radical (unpaired) electrons. The van der Waals surface area contributed by atoms with Gasteiger partial charge in [-0.15, -0.1) is 0 Å². The van der Waals surface area contributed by atoms with E-state index in [2.05, 4.69) is 15.6 Å². The SMILES string of the molecule is C/C(C(=O)Nc1ccc(Oc2ccnc(NC3CCOCC3)c2)c(F)c1)=C1/OCC/C1=C/N(C=O)c1ccc(F)cc1. The second-order valence-corrected chi connectivity index (χ2v) is 9.81. The Morgan fingerprint density at radius 1 is 1.07 bits per heavy atom. The molecule has 0 aliphatic carbocycles. The Morgan fingerprint density at radius 2 is 1.86 bits per heavy atom. The van der Waals surface area contributed by atoms with Gasteiger partial charge in [0.1, 0.15) is 23.1 Å². The molecular formula is C31H30F2N4O5. The van der Waals surface area contributed by atoms with E-state index in [-0.39, 0.29) is 23.1 Å². The fourth-order valence-electron chi connectivity index (χ4n) is 4.61. The highest BCUT2D eigenvalue weighted by Gasteiger charge is 2.23. The number of benzene rings is 2. The summed E-state index contributed by atoms with van der Waals surface area (Å²) >= 11 is 0. The minimum absolute atomic E-state index is 0.00890. The minimum Gasteiger partial charge on any atom is -0.492 e. The molecule has 5 rings (SSSR count). The molecule has 2 aromatic carbocycles. The van der Waals surface area contributed by atoms with Gasteiger partial charge in [-0.05, 0) is 62.2 Å². The maximum absolute atomic E-state index is 15.0. The standard InChI is InChI=1S/C31H30F2N4O5/c1-20(30-21(9-15-41-30)18-37(19-38)25-5-2-22(32)3-6-25)31(39)36-24-4-7-28(27(33)16-24)42-26-8-12-34-29(17-26)35-23-10-13-40-14-11-23/h2-8,12,16-19,23H,9-11,13-15H2,1H3,(H,34,35)(H,36,39)/b21-18-,30-20-. The lowest BCUT2D eigenvalue weighted by molar-refractivity contribution is -0.113. The predicted molar refractivity (Wildman–Crippen MR) is 153 cm³/mol. The number of nitrogens with one attached hydrogen (secondary N) is 2. The Hall–Kier alpha value is -4.77. The molecule has 2 N–H and O–H groups in total. The molecule has 2 amide bonds. The summed E-state index contributed by atoms with van der Waals surface area (Å²) < 4.78 is 45.1. The van der Waals surface area contributed by atoms with Crippen LogP contribution in [0.5, 0.6) is 11.5 Å². The average Bonchev–Trinajstić information content (AvgIpc) is 3.46.